The van der Waals surface area contributed by atoms with Gasteiger partial charge in [-0.05, 0) is 50.7 Å². The average molecular weight is 474 g/mol. The monoisotopic (exact) mass is 474 g/mol. The zero-order chi connectivity index (χ0) is 20.1. The molecular weight excluding hydrogens is 437 g/mol. The van der Waals surface area contributed by atoms with Gasteiger partial charge in [0.15, 0.2) is 6.54 Å². The van der Waals surface area contributed by atoms with Crippen LogP contribution in [0, 0.1) is 25.7 Å². The van der Waals surface area contributed by atoms with Gasteiger partial charge in [0.1, 0.15) is 5.78 Å². The first-order chi connectivity index (χ1) is 13.4. The molecular formula is C24H37N2O2Y+. The second-order valence-corrected chi connectivity index (χ2v) is 9.20. The van der Waals surface area contributed by atoms with Gasteiger partial charge in [0.25, 0.3) is 5.91 Å². The summed E-state index contributed by atoms with van der Waals surface area (Å²) in [5.41, 5.74) is 3.13. The van der Waals surface area contributed by atoms with Crippen LogP contribution < -0.4 is 5.32 Å². The number of likely N-dealkylation sites (N-methyl/N-ethyl adjacent to an activating group) is 1. The predicted molar refractivity (Wildman–Crippen MR) is 114 cm³/mol. The Bertz CT molecular complexity index is 695. The van der Waals surface area contributed by atoms with Crippen molar-refractivity contribution in [3.05, 3.63) is 29.3 Å². The van der Waals surface area contributed by atoms with Crippen molar-refractivity contribution in [1.29, 1.82) is 0 Å². The third kappa shape index (κ3) is 6.45. The summed E-state index contributed by atoms with van der Waals surface area (Å²) in [6, 6.07) is 6.09. The van der Waals surface area contributed by atoms with Gasteiger partial charge in [0.05, 0.1) is 25.6 Å². The summed E-state index contributed by atoms with van der Waals surface area (Å²) < 4.78 is 0.748. The van der Waals surface area contributed by atoms with Crippen molar-refractivity contribution in [2.45, 2.75) is 65.7 Å². The Kier molecular flexibility index (Phi) is 9.50. The van der Waals surface area contributed by atoms with Gasteiger partial charge in [-0.15, -0.1) is 0 Å². The Labute approximate surface area is 201 Å². The minimum atomic E-state index is 0. The third-order valence-corrected chi connectivity index (χ3v) is 7.11. The smallest absolute Gasteiger partial charge is 0.279 e. The first kappa shape index (κ1) is 24.7. The molecule has 1 saturated carbocycles. The summed E-state index contributed by atoms with van der Waals surface area (Å²) in [4.78, 5) is 25.8. The number of amides is 1. The molecule has 1 aromatic rings. The Balaban J connectivity index is 0.00000300. The van der Waals surface area contributed by atoms with E-state index >= 15 is 0 Å². The molecule has 1 aromatic carbocycles. The van der Waals surface area contributed by atoms with Crippen LogP contribution in [0.3, 0.4) is 0 Å². The summed E-state index contributed by atoms with van der Waals surface area (Å²) in [5.74, 6) is 1.29. The van der Waals surface area contributed by atoms with E-state index in [0.29, 0.717) is 18.2 Å². The van der Waals surface area contributed by atoms with Gasteiger partial charge < -0.3 is 9.80 Å². The van der Waals surface area contributed by atoms with Gasteiger partial charge in [0, 0.05) is 44.8 Å². The summed E-state index contributed by atoms with van der Waals surface area (Å²) >= 11 is 0. The number of carbonyl (C=O) groups is 2. The van der Waals surface area contributed by atoms with Crippen molar-refractivity contribution in [2.75, 3.05) is 31.5 Å². The maximum atomic E-state index is 12.9. The fourth-order valence-electron chi connectivity index (χ4n) is 5.29. The number of para-hydroxylation sites is 1. The molecule has 5 heteroatoms. The summed E-state index contributed by atoms with van der Waals surface area (Å²) in [7, 11) is 0. The molecule has 29 heavy (non-hydrogen) atoms. The van der Waals surface area contributed by atoms with E-state index in [-0.39, 0.29) is 44.5 Å². The van der Waals surface area contributed by atoms with E-state index in [1.807, 2.05) is 32.0 Å². The summed E-state index contributed by atoms with van der Waals surface area (Å²) in [6.07, 6.45) is 7.85. The fourth-order valence-corrected chi connectivity index (χ4v) is 5.29. The number of rotatable bonds is 7. The molecule has 1 aliphatic carbocycles. The number of benzene rings is 1. The number of Topliss-reactive ketones (excluding diaryl/α,β-unsaturated/α-hetero) is 1. The Morgan fingerprint density at radius 1 is 1.07 bits per heavy atom. The number of hydrogen-bond acceptors (Lipinski definition) is 2. The maximum absolute atomic E-state index is 12.9. The number of likely N-dealkylation sites (tertiary alicyclic amines) is 1. The van der Waals surface area contributed by atoms with E-state index < -0.39 is 0 Å². The second kappa shape index (κ2) is 11.2. The standard InChI is InChI=1S/C24H36N2O2.Y/c1-4-26(17-23(28)25-24-18(2)9-7-10-19(24)3)14-8-13-21(16-26)22(27)15-20-11-5-6-12-20;/h7,9-10,20-21H,4-6,8,11-17H2,1-3H3;/p+1. The zero-order valence-corrected chi connectivity index (χ0v) is 21.3. The van der Waals surface area contributed by atoms with Gasteiger partial charge in [-0.1, -0.05) is 43.9 Å². The Hall–Kier alpha value is -0.576. The van der Waals surface area contributed by atoms with Gasteiger partial charge in [0.2, 0.25) is 0 Å². The molecule has 1 saturated heterocycles. The number of quaternary nitrogens is 1. The van der Waals surface area contributed by atoms with Crippen LogP contribution in [0.2, 0.25) is 0 Å². The van der Waals surface area contributed by atoms with E-state index in [2.05, 4.69) is 12.2 Å². The molecule has 1 radical (unpaired) electrons. The molecule has 2 aliphatic rings. The van der Waals surface area contributed by atoms with E-state index in [1.54, 1.807) is 0 Å². The van der Waals surface area contributed by atoms with Crippen molar-refractivity contribution >= 4 is 17.4 Å². The maximum Gasteiger partial charge on any atom is 0.279 e. The number of aryl methyl sites for hydroxylation is 2. The van der Waals surface area contributed by atoms with E-state index in [4.69, 9.17) is 0 Å². The predicted octanol–water partition coefficient (Wildman–Crippen LogP) is 4.64. The molecule has 2 unspecified atom stereocenters. The number of nitrogens with zero attached hydrogens (tertiary/aromatic N) is 1. The van der Waals surface area contributed by atoms with Gasteiger partial charge in [-0.25, -0.2) is 0 Å². The minimum Gasteiger partial charge on any atom is -0.321 e. The van der Waals surface area contributed by atoms with Crippen LogP contribution in [0.5, 0.6) is 0 Å². The number of piperidine rings is 1. The topological polar surface area (TPSA) is 46.2 Å². The molecule has 1 N–H and O–H groups in total. The quantitative estimate of drug-likeness (QED) is 0.586. The van der Waals surface area contributed by atoms with E-state index in [9.17, 15) is 9.59 Å². The molecule has 0 spiro atoms. The van der Waals surface area contributed by atoms with Gasteiger partial charge in [-0.2, -0.15) is 0 Å². The van der Waals surface area contributed by atoms with Crippen molar-refractivity contribution in [3.63, 3.8) is 0 Å². The van der Waals surface area contributed by atoms with E-state index in [0.717, 1.165) is 60.2 Å². The van der Waals surface area contributed by atoms with Crippen LogP contribution >= 0.6 is 0 Å². The Morgan fingerprint density at radius 3 is 2.34 bits per heavy atom. The molecule has 0 bridgehead atoms. The molecule has 1 aliphatic heterocycles. The number of nitrogens with one attached hydrogen (secondary N) is 1. The van der Waals surface area contributed by atoms with Crippen molar-refractivity contribution < 1.29 is 46.8 Å². The number of hydrogen-bond donors (Lipinski definition) is 1. The van der Waals surface area contributed by atoms with Gasteiger partial charge in [-0.3, -0.25) is 9.59 Å². The fraction of sp³-hybridized carbons (Fsp3) is 0.667. The minimum absolute atomic E-state index is 0. The largest absolute Gasteiger partial charge is 0.321 e. The van der Waals surface area contributed by atoms with Crippen LogP contribution in [-0.4, -0.2) is 42.4 Å². The average Bonchev–Trinajstić information content (AvgIpc) is 3.18. The van der Waals surface area contributed by atoms with Crippen LogP contribution in [0.1, 0.15) is 63.0 Å². The van der Waals surface area contributed by atoms with Crippen LogP contribution in [-0.2, 0) is 42.3 Å². The van der Waals surface area contributed by atoms with Crippen molar-refractivity contribution in [2.24, 2.45) is 11.8 Å². The molecule has 2 fully saturated rings. The van der Waals surface area contributed by atoms with Crippen LogP contribution in [0.4, 0.5) is 5.69 Å². The first-order valence-corrected chi connectivity index (χ1v) is 11.2. The van der Waals surface area contributed by atoms with E-state index in [1.165, 1.54) is 25.7 Å². The van der Waals surface area contributed by atoms with Crippen molar-refractivity contribution in [3.8, 4) is 0 Å². The summed E-state index contributed by atoms with van der Waals surface area (Å²) in [6.45, 7) is 9.45. The number of anilines is 1. The molecule has 1 heterocycles. The molecule has 157 valence electrons. The molecule has 2 atom stereocenters. The van der Waals surface area contributed by atoms with Crippen LogP contribution in [0.15, 0.2) is 18.2 Å². The number of carbonyl (C=O) groups excluding carboxylic acids is 2. The normalized spacial score (nSPS) is 24.7. The molecule has 1 amide bonds. The first-order valence-electron chi connectivity index (χ1n) is 11.2. The summed E-state index contributed by atoms with van der Waals surface area (Å²) in [5, 5.41) is 3.15. The molecule has 0 aromatic heterocycles. The second-order valence-electron chi connectivity index (χ2n) is 9.20. The van der Waals surface area contributed by atoms with Crippen LogP contribution in [0.25, 0.3) is 0 Å². The number of ketones is 1. The molecule has 4 nitrogen and oxygen atoms in total. The Morgan fingerprint density at radius 2 is 1.72 bits per heavy atom. The molecule has 3 rings (SSSR count). The zero-order valence-electron chi connectivity index (χ0n) is 18.5. The third-order valence-electron chi connectivity index (χ3n) is 7.11. The van der Waals surface area contributed by atoms with Gasteiger partial charge >= 0.3 is 0 Å². The SMILES string of the molecule is CC[N+]1(CC(=O)Nc2c(C)cccc2C)CCCC(C(=O)CC2CCCC2)C1.[Y]. The van der Waals surface area contributed by atoms with Crippen molar-refractivity contribution in [1.82, 2.24) is 0 Å².